The molecule has 6 nitrogen and oxygen atoms in total. The Labute approximate surface area is 179 Å². The van der Waals surface area contributed by atoms with Crippen LogP contribution in [0.1, 0.15) is 28.8 Å². The number of likely N-dealkylation sites (tertiary alicyclic amines) is 1. The monoisotopic (exact) mass is 423 g/mol. The molecule has 0 atom stereocenters. The van der Waals surface area contributed by atoms with E-state index >= 15 is 0 Å². The van der Waals surface area contributed by atoms with Gasteiger partial charge in [-0.3, -0.25) is 14.4 Å². The summed E-state index contributed by atoms with van der Waals surface area (Å²) in [5.74, 6) is -1.38. The van der Waals surface area contributed by atoms with Crippen LogP contribution in [-0.2, 0) is 16.1 Å². The number of aryl methyl sites for hydroxylation is 1. The van der Waals surface area contributed by atoms with Gasteiger partial charge in [0.2, 0.25) is 5.91 Å². The predicted octanol–water partition coefficient (Wildman–Crippen LogP) is 4.05. The number of nitrogens with one attached hydrogen (secondary N) is 1. The van der Waals surface area contributed by atoms with Crippen molar-refractivity contribution in [3.8, 4) is 0 Å². The molecule has 1 aromatic heterocycles. The lowest BCUT2D eigenvalue weighted by atomic mass is 10.1. The first-order chi connectivity index (χ1) is 14.4. The molecule has 3 aromatic rings. The van der Waals surface area contributed by atoms with Crippen LogP contribution in [0.25, 0.3) is 10.9 Å². The number of halogens is 1. The van der Waals surface area contributed by atoms with Crippen molar-refractivity contribution in [1.82, 2.24) is 9.47 Å². The van der Waals surface area contributed by atoms with Crippen LogP contribution in [0, 0.1) is 6.92 Å². The number of para-hydroxylation sites is 1. The van der Waals surface area contributed by atoms with Gasteiger partial charge in [0.05, 0.1) is 5.56 Å². The maximum Gasteiger partial charge on any atom is 0.296 e. The number of hydrogen-bond donors (Lipinski definition) is 1. The van der Waals surface area contributed by atoms with E-state index in [0.717, 1.165) is 37.0 Å². The number of hydrogen-bond acceptors (Lipinski definition) is 3. The second-order valence-electron chi connectivity index (χ2n) is 7.52. The van der Waals surface area contributed by atoms with E-state index in [1.165, 1.54) is 0 Å². The number of nitrogens with zero attached hydrogens (tertiary/aromatic N) is 2. The Morgan fingerprint density at radius 2 is 1.80 bits per heavy atom. The molecule has 0 saturated carbocycles. The topological polar surface area (TPSA) is 71.4 Å². The minimum Gasteiger partial charge on any atom is -0.341 e. The third-order valence-electron chi connectivity index (χ3n) is 5.45. The van der Waals surface area contributed by atoms with Crippen LogP contribution in [0.2, 0.25) is 5.02 Å². The zero-order valence-corrected chi connectivity index (χ0v) is 17.4. The average molecular weight is 424 g/mol. The van der Waals surface area contributed by atoms with Crippen molar-refractivity contribution in [2.45, 2.75) is 26.3 Å². The van der Waals surface area contributed by atoms with Crippen LogP contribution in [0.4, 0.5) is 5.69 Å². The van der Waals surface area contributed by atoms with Crippen LogP contribution in [0.15, 0.2) is 48.7 Å². The van der Waals surface area contributed by atoms with Crippen LogP contribution in [-0.4, -0.2) is 40.2 Å². The number of anilines is 1. The molecule has 0 bridgehead atoms. The number of Topliss-reactive ketones (excluding diaryl/α,β-unsaturated/α-hetero) is 1. The Balaban J connectivity index is 1.61. The summed E-state index contributed by atoms with van der Waals surface area (Å²) < 4.78 is 1.75. The molecule has 0 radical (unpaired) electrons. The van der Waals surface area contributed by atoms with Crippen LogP contribution in [0.3, 0.4) is 0 Å². The highest BCUT2D eigenvalue weighted by Crippen LogP contribution is 2.24. The lowest BCUT2D eigenvalue weighted by molar-refractivity contribution is -0.130. The molecule has 1 N–H and O–H groups in total. The highest BCUT2D eigenvalue weighted by atomic mass is 35.5. The summed E-state index contributed by atoms with van der Waals surface area (Å²) in [6, 6.07) is 12.4. The molecule has 0 aliphatic carbocycles. The van der Waals surface area contributed by atoms with Crippen LogP contribution < -0.4 is 5.32 Å². The Bertz CT molecular complexity index is 1150. The quantitative estimate of drug-likeness (QED) is 0.497. The van der Waals surface area contributed by atoms with E-state index in [1.54, 1.807) is 35.0 Å². The number of carbonyl (C=O) groups is 3. The molecular formula is C23H22ClN3O3. The molecule has 0 unspecified atom stereocenters. The second kappa shape index (κ2) is 8.32. The third-order valence-corrected chi connectivity index (χ3v) is 5.69. The van der Waals surface area contributed by atoms with Crippen molar-refractivity contribution in [1.29, 1.82) is 0 Å². The Morgan fingerprint density at radius 1 is 1.07 bits per heavy atom. The molecule has 2 heterocycles. The minimum atomic E-state index is -0.742. The number of rotatable bonds is 5. The van der Waals surface area contributed by atoms with Crippen LogP contribution >= 0.6 is 11.6 Å². The number of carbonyl (C=O) groups excluding carboxylic acids is 3. The smallest absolute Gasteiger partial charge is 0.296 e. The van der Waals surface area contributed by atoms with E-state index in [0.29, 0.717) is 16.1 Å². The lowest BCUT2D eigenvalue weighted by Gasteiger charge is -2.15. The Morgan fingerprint density at radius 3 is 2.57 bits per heavy atom. The summed E-state index contributed by atoms with van der Waals surface area (Å²) in [4.78, 5) is 40.1. The fourth-order valence-corrected chi connectivity index (χ4v) is 3.97. The number of aromatic nitrogens is 1. The largest absolute Gasteiger partial charge is 0.341 e. The van der Waals surface area contributed by atoms with Gasteiger partial charge in [-0.15, -0.1) is 0 Å². The van der Waals surface area contributed by atoms with Gasteiger partial charge >= 0.3 is 0 Å². The summed E-state index contributed by atoms with van der Waals surface area (Å²) in [5.41, 5.74) is 2.32. The van der Waals surface area contributed by atoms with E-state index in [-0.39, 0.29) is 18.0 Å². The number of benzene rings is 2. The van der Waals surface area contributed by atoms with Gasteiger partial charge in [0.25, 0.3) is 11.7 Å². The molecule has 30 heavy (non-hydrogen) atoms. The Hall–Kier alpha value is -3.12. The molecule has 7 heteroatoms. The molecule has 4 rings (SSSR count). The maximum atomic E-state index is 13.0. The van der Waals surface area contributed by atoms with Crippen molar-refractivity contribution in [3.63, 3.8) is 0 Å². The van der Waals surface area contributed by atoms with Crippen molar-refractivity contribution >= 4 is 45.8 Å². The van der Waals surface area contributed by atoms with Gasteiger partial charge in [0.1, 0.15) is 6.54 Å². The summed E-state index contributed by atoms with van der Waals surface area (Å²) >= 11 is 6.01. The van der Waals surface area contributed by atoms with E-state index in [1.807, 2.05) is 30.0 Å². The fraction of sp³-hybridized carbons (Fsp3) is 0.261. The predicted molar refractivity (Wildman–Crippen MR) is 117 cm³/mol. The highest BCUT2D eigenvalue weighted by molar-refractivity contribution is 6.48. The number of fused-ring (bicyclic) bond motifs is 1. The molecular weight excluding hydrogens is 402 g/mol. The van der Waals surface area contributed by atoms with Crippen molar-refractivity contribution in [3.05, 3.63) is 64.8 Å². The molecule has 2 aromatic carbocycles. The molecule has 0 spiro atoms. The van der Waals surface area contributed by atoms with E-state index < -0.39 is 11.7 Å². The first-order valence-electron chi connectivity index (χ1n) is 9.91. The second-order valence-corrected chi connectivity index (χ2v) is 7.95. The Kier molecular flexibility index (Phi) is 5.59. The molecule has 1 fully saturated rings. The van der Waals surface area contributed by atoms with E-state index in [2.05, 4.69) is 5.32 Å². The lowest BCUT2D eigenvalue weighted by Crippen LogP contribution is -2.30. The van der Waals surface area contributed by atoms with Crippen molar-refractivity contribution in [2.75, 3.05) is 18.4 Å². The van der Waals surface area contributed by atoms with Gasteiger partial charge in [-0.1, -0.05) is 35.9 Å². The maximum absolute atomic E-state index is 13.0. The summed E-state index contributed by atoms with van der Waals surface area (Å²) in [5, 5.41) is 3.77. The van der Waals surface area contributed by atoms with Crippen LogP contribution in [0.5, 0.6) is 0 Å². The van der Waals surface area contributed by atoms with Gasteiger partial charge in [-0.25, -0.2) is 0 Å². The molecule has 154 valence electrons. The van der Waals surface area contributed by atoms with Gasteiger partial charge in [-0.2, -0.15) is 0 Å². The first-order valence-corrected chi connectivity index (χ1v) is 10.3. The number of amides is 2. The standard InChI is InChI=1S/C23H22ClN3O3/c1-15-8-9-16(24)12-19(15)25-23(30)22(29)18-13-27(20-7-3-2-6-17(18)20)14-21(28)26-10-4-5-11-26/h2-3,6-9,12-13H,4-5,10-11,14H2,1H3,(H,25,30). The molecule has 2 amide bonds. The third kappa shape index (κ3) is 3.96. The highest BCUT2D eigenvalue weighted by Gasteiger charge is 2.24. The minimum absolute atomic E-state index is 0.0197. The fourth-order valence-electron chi connectivity index (χ4n) is 3.80. The van der Waals surface area contributed by atoms with E-state index in [9.17, 15) is 14.4 Å². The number of ketones is 1. The summed E-state index contributed by atoms with van der Waals surface area (Å²) in [6.07, 6.45) is 3.64. The molecule has 1 aliphatic rings. The average Bonchev–Trinajstić information content (AvgIpc) is 3.39. The van der Waals surface area contributed by atoms with Gasteiger partial charge in [-0.05, 0) is 43.5 Å². The first kappa shape index (κ1) is 20.2. The van der Waals surface area contributed by atoms with Crippen molar-refractivity contribution < 1.29 is 14.4 Å². The zero-order chi connectivity index (χ0) is 21.3. The van der Waals surface area contributed by atoms with Gasteiger partial charge in [0, 0.05) is 40.9 Å². The summed E-state index contributed by atoms with van der Waals surface area (Å²) in [6.45, 7) is 3.51. The van der Waals surface area contributed by atoms with Gasteiger partial charge < -0.3 is 14.8 Å². The van der Waals surface area contributed by atoms with Gasteiger partial charge in [0.15, 0.2) is 0 Å². The normalized spacial score (nSPS) is 13.6. The zero-order valence-electron chi connectivity index (χ0n) is 16.7. The van der Waals surface area contributed by atoms with Crippen molar-refractivity contribution in [2.24, 2.45) is 0 Å². The van der Waals surface area contributed by atoms with E-state index in [4.69, 9.17) is 11.6 Å². The SMILES string of the molecule is Cc1ccc(Cl)cc1NC(=O)C(=O)c1cn(CC(=O)N2CCCC2)c2ccccc12. The molecule has 1 aliphatic heterocycles. The summed E-state index contributed by atoms with van der Waals surface area (Å²) in [7, 11) is 0. The molecule has 1 saturated heterocycles.